The first-order valence-electron chi connectivity index (χ1n) is 7.69. The summed E-state index contributed by atoms with van der Waals surface area (Å²) in [6.45, 7) is 1.60. The van der Waals surface area contributed by atoms with Crippen molar-refractivity contribution in [1.29, 1.82) is 0 Å². The number of carbonyl (C=O) groups is 1. The molecule has 1 amide bonds. The van der Waals surface area contributed by atoms with E-state index in [1.54, 1.807) is 30.5 Å². The number of carbonyl (C=O) groups excluding carboxylic acids is 1. The van der Waals surface area contributed by atoms with E-state index in [0.29, 0.717) is 35.9 Å². The molecule has 0 spiro atoms. The lowest BCUT2D eigenvalue weighted by atomic mass is 10.0. The maximum atomic E-state index is 12.3. The standard InChI is InChI=1S/C16H19N3O3/c20-16(18-15-9-13-8-12(15)10-17-13)11-2-4-14(5-3-11)22-19-6-1-7-21-19/h1-5,7,12-13,15,17H,6,8-10H2,(H,18,20). The van der Waals surface area contributed by atoms with E-state index in [9.17, 15) is 4.79 Å². The lowest BCUT2D eigenvalue weighted by Crippen LogP contribution is -2.44. The van der Waals surface area contributed by atoms with Crippen molar-refractivity contribution < 1.29 is 14.5 Å². The third-order valence-electron chi connectivity index (χ3n) is 4.53. The first-order valence-corrected chi connectivity index (χ1v) is 7.69. The third kappa shape index (κ3) is 2.67. The van der Waals surface area contributed by atoms with Crippen LogP contribution >= 0.6 is 0 Å². The molecule has 1 aromatic rings. The summed E-state index contributed by atoms with van der Waals surface area (Å²) in [7, 11) is 0. The second-order valence-electron chi connectivity index (χ2n) is 6.02. The maximum Gasteiger partial charge on any atom is 0.251 e. The Bertz CT molecular complexity index is 579. The minimum atomic E-state index is -0.0109. The fourth-order valence-corrected chi connectivity index (χ4v) is 3.39. The van der Waals surface area contributed by atoms with Crippen molar-refractivity contribution in [3.8, 4) is 5.75 Å². The summed E-state index contributed by atoms with van der Waals surface area (Å²) in [5.74, 6) is 1.21. The van der Waals surface area contributed by atoms with Crippen LogP contribution in [0.15, 0.2) is 36.6 Å². The molecule has 2 aliphatic heterocycles. The number of hydroxylamine groups is 2. The second kappa shape index (κ2) is 5.62. The van der Waals surface area contributed by atoms with Gasteiger partial charge in [0.25, 0.3) is 5.91 Å². The predicted molar refractivity (Wildman–Crippen MR) is 79.8 cm³/mol. The molecule has 0 radical (unpaired) electrons. The Morgan fingerprint density at radius 3 is 2.82 bits per heavy atom. The molecule has 1 saturated heterocycles. The maximum absolute atomic E-state index is 12.3. The molecule has 2 bridgehead atoms. The first kappa shape index (κ1) is 13.6. The van der Waals surface area contributed by atoms with Crippen molar-refractivity contribution in [1.82, 2.24) is 15.9 Å². The van der Waals surface area contributed by atoms with E-state index in [4.69, 9.17) is 9.68 Å². The number of piperidine rings is 1. The fraction of sp³-hybridized carbons (Fsp3) is 0.438. The highest BCUT2D eigenvalue weighted by Gasteiger charge is 2.40. The molecular weight excluding hydrogens is 282 g/mol. The Kier molecular flexibility index (Phi) is 3.48. The number of fused-ring (bicyclic) bond motifs is 2. The van der Waals surface area contributed by atoms with Gasteiger partial charge in [-0.1, -0.05) is 0 Å². The average molecular weight is 301 g/mol. The zero-order valence-electron chi connectivity index (χ0n) is 12.2. The van der Waals surface area contributed by atoms with E-state index < -0.39 is 0 Å². The molecule has 3 unspecified atom stereocenters. The number of hydrogen-bond acceptors (Lipinski definition) is 5. The Morgan fingerprint density at radius 2 is 2.18 bits per heavy atom. The SMILES string of the molecule is O=C(NC1CC2CC1CN2)c1ccc(ON2CC=CO2)cc1. The molecule has 1 aromatic carbocycles. The quantitative estimate of drug-likeness (QED) is 0.875. The molecule has 2 heterocycles. The summed E-state index contributed by atoms with van der Waals surface area (Å²) in [6.07, 6.45) is 5.65. The molecule has 2 N–H and O–H groups in total. The fourth-order valence-electron chi connectivity index (χ4n) is 3.39. The van der Waals surface area contributed by atoms with Gasteiger partial charge < -0.3 is 20.3 Å². The van der Waals surface area contributed by atoms with Crippen molar-refractivity contribution in [3.05, 3.63) is 42.2 Å². The highest BCUT2D eigenvalue weighted by atomic mass is 16.9. The summed E-state index contributed by atoms with van der Waals surface area (Å²) in [4.78, 5) is 22.9. The molecular formula is C16H19N3O3. The number of hydrogen-bond donors (Lipinski definition) is 2. The number of nitrogens with zero attached hydrogens (tertiary/aromatic N) is 1. The molecule has 3 atom stereocenters. The summed E-state index contributed by atoms with van der Waals surface area (Å²) in [6, 6.07) is 8.00. The summed E-state index contributed by atoms with van der Waals surface area (Å²) < 4.78 is 0. The van der Waals surface area contributed by atoms with Crippen LogP contribution in [0.4, 0.5) is 0 Å². The van der Waals surface area contributed by atoms with Crippen LogP contribution in [0.25, 0.3) is 0 Å². The van der Waals surface area contributed by atoms with Gasteiger partial charge in [0.05, 0.1) is 6.54 Å². The molecule has 6 heteroatoms. The zero-order chi connectivity index (χ0) is 14.9. The van der Waals surface area contributed by atoms with Gasteiger partial charge >= 0.3 is 0 Å². The molecule has 1 aliphatic carbocycles. The van der Waals surface area contributed by atoms with Gasteiger partial charge in [0, 0.05) is 29.4 Å². The van der Waals surface area contributed by atoms with E-state index in [-0.39, 0.29) is 5.91 Å². The number of nitrogens with one attached hydrogen (secondary N) is 2. The van der Waals surface area contributed by atoms with E-state index >= 15 is 0 Å². The van der Waals surface area contributed by atoms with Gasteiger partial charge in [0.1, 0.15) is 6.26 Å². The van der Waals surface area contributed by atoms with Crippen molar-refractivity contribution >= 4 is 5.91 Å². The van der Waals surface area contributed by atoms with Gasteiger partial charge in [-0.25, -0.2) is 0 Å². The molecule has 1 saturated carbocycles. The molecule has 0 aromatic heterocycles. The van der Waals surface area contributed by atoms with Crippen molar-refractivity contribution in [2.24, 2.45) is 5.92 Å². The molecule has 22 heavy (non-hydrogen) atoms. The van der Waals surface area contributed by atoms with Crippen LogP contribution in [0, 0.1) is 5.92 Å². The Hall–Kier alpha value is -2.05. The molecule has 116 valence electrons. The van der Waals surface area contributed by atoms with Crippen LogP contribution in [-0.2, 0) is 4.84 Å². The summed E-state index contributed by atoms with van der Waals surface area (Å²) in [5, 5.41) is 7.98. The van der Waals surface area contributed by atoms with Gasteiger partial charge in [-0.3, -0.25) is 4.79 Å². The number of amides is 1. The van der Waals surface area contributed by atoms with Gasteiger partial charge in [-0.15, -0.1) is 0 Å². The number of rotatable bonds is 4. The molecule has 6 nitrogen and oxygen atoms in total. The third-order valence-corrected chi connectivity index (χ3v) is 4.53. The van der Waals surface area contributed by atoms with Crippen molar-refractivity contribution in [2.45, 2.75) is 24.9 Å². The lowest BCUT2D eigenvalue weighted by Gasteiger charge is -2.23. The van der Waals surface area contributed by atoms with Crippen LogP contribution in [-0.4, -0.2) is 36.3 Å². The van der Waals surface area contributed by atoms with E-state index in [1.807, 2.05) is 6.08 Å². The van der Waals surface area contributed by atoms with Gasteiger partial charge in [0.15, 0.2) is 5.75 Å². The lowest BCUT2D eigenvalue weighted by molar-refractivity contribution is -0.266. The zero-order valence-corrected chi connectivity index (χ0v) is 12.2. The highest BCUT2D eigenvalue weighted by molar-refractivity contribution is 5.94. The van der Waals surface area contributed by atoms with E-state index in [2.05, 4.69) is 10.6 Å². The minimum absolute atomic E-state index is 0.0109. The first-order chi connectivity index (χ1) is 10.8. The van der Waals surface area contributed by atoms with Crippen molar-refractivity contribution in [3.63, 3.8) is 0 Å². The van der Waals surface area contributed by atoms with Crippen molar-refractivity contribution in [2.75, 3.05) is 13.1 Å². The van der Waals surface area contributed by atoms with Crippen LogP contribution < -0.4 is 15.5 Å². The Labute approximate surface area is 129 Å². The van der Waals surface area contributed by atoms with Crippen LogP contribution in [0.1, 0.15) is 23.2 Å². The summed E-state index contributed by atoms with van der Waals surface area (Å²) >= 11 is 0. The van der Waals surface area contributed by atoms with Gasteiger partial charge in [-0.2, -0.15) is 0 Å². The predicted octanol–water partition coefficient (Wildman–Crippen LogP) is 1.22. The monoisotopic (exact) mass is 301 g/mol. The normalized spacial score (nSPS) is 29.5. The van der Waals surface area contributed by atoms with Gasteiger partial charge in [0.2, 0.25) is 0 Å². The average Bonchev–Trinajstić information content (AvgIpc) is 3.25. The molecule has 3 aliphatic rings. The Morgan fingerprint density at radius 1 is 1.32 bits per heavy atom. The van der Waals surface area contributed by atoms with Crippen LogP contribution in [0.3, 0.4) is 0 Å². The second-order valence-corrected chi connectivity index (χ2v) is 6.02. The topological polar surface area (TPSA) is 62.8 Å². The highest BCUT2D eigenvalue weighted by Crippen LogP contribution is 2.31. The smallest absolute Gasteiger partial charge is 0.251 e. The van der Waals surface area contributed by atoms with Crippen LogP contribution in [0.2, 0.25) is 0 Å². The molecule has 2 fully saturated rings. The minimum Gasteiger partial charge on any atom is -0.379 e. The van der Waals surface area contributed by atoms with E-state index in [0.717, 1.165) is 13.0 Å². The number of benzene rings is 1. The largest absolute Gasteiger partial charge is 0.379 e. The summed E-state index contributed by atoms with van der Waals surface area (Å²) in [5.41, 5.74) is 0.656. The van der Waals surface area contributed by atoms with E-state index in [1.165, 1.54) is 11.6 Å². The van der Waals surface area contributed by atoms with Crippen LogP contribution in [0.5, 0.6) is 5.75 Å². The molecule has 4 rings (SSSR count). The Balaban J connectivity index is 1.34. The van der Waals surface area contributed by atoms with Gasteiger partial charge in [-0.05, 0) is 49.1 Å².